The number of rotatable bonds is 4. The van der Waals surface area contributed by atoms with Crippen LogP contribution in [0.2, 0.25) is 0 Å². The second kappa shape index (κ2) is 6.82. The Morgan fingerprint density at radius 1 is 1.16 bits per heavy atom. The van der Waals surface area contributed by atoms with Crippen molar-refractivity contribution < 1.29 is 9.72 Å². The minimum atomic E-state index is -0.480. The van der Waals surface area contributed by atoms with Gasteiger partial charge in [-0.25, -0.2) is 4.98 Å². The Morgan fingerprint density at radius 3 is 2.48 bits per heavy atom. The maximum absolute atomic E-state index is 13.1. The number of nitro benzene ring substituents is 1. The molecule has 0 spiro atoms. The van der Waals surface area contributed by atoms with Crippen LogP contribution in [0.4, 0.5) is 16.5 Å². The number of nitro groups is 1. The van der Waals surface area contributed by atoms with E-state index < -0.39 is 4.92 Å². The third-order valence-corrected chi connectivity index (χ3v) is 4.61. The van der Waals surface area contributed by atoms with E-state index in [1.807, 2.05) is 30.5 Å². The first-order valence-corrected chi connectivity index (χ1v) is 8.42. The van der Waals surface area contributed by atoms with Crippen LogP contribution in [0.25, 0.3) is 0 Å². The van der Waals surface area contributed by atoms with E-state index in [1.165, 1.54) is 22.3 Å². The molecule has 1 heterocycles. The van der Waals surface area contributed by atoms with Crippen molar-refractivity contribution in [3.8, 4) is 0 Å². The van der Waals surface area contributed by atoms with Gasteiger partial charge in [-0.2, -0.15) is 0 Å². The molecule has 6 nitrogen and oxygen atoms in total. The maximum Gasteiger partial charge on any atom is 0.273 e. The number of hydrogen-bond donors (Lipinski definition) is 0. The molecule has 0 atom stereocenters. The highest BCUT2D eigenvalue weighted by Crippen LogP contribution is 2.31. The number of hydrogen-bond acceptors (Lipinski definition) is 5. The normalized spacial score (nSPS) is 10.5. The smallest absolute Gasteiger partial charge is 0.268 e. The van der Waals surface area contributed by atoms with E-state index in [2.05, 4.69) is 4.98 Å². The topological polar surface area (TPSA) is 76.3 Å². The number of carbonyl (C=O) groups is 1. The Bertz CT molecular complexity index is 938. The number of thiazole rings is 1. The molecule has 25 heavy (non-hydrogen) atoms. The van der Waals surface area contributed by atoms with E-state index in [9.17, 15) is 14.9 Å². The van der Waals surface area contributed by atoms with Gasteiger partial charge in [0.2, 0.25) is 0 Å². The third-order valence-electron chi connectivity index (χ3n) is 3.67. The maximum atomic E-state index is 13.1. The van der Waals surface area contributed by atoms with Crippen LogP contribution in [0.3, 0.4) is 0 Å². The van der Waals surface area contributed by atoms with Gasteiger partial charge in [0.1, 0.15) is 0 Å². The van der Waals surface area contributed by atoms with Crippen molar-refractivity contribution in [1.29, 1.82) is 0 Å². The molecular formula is C18H15N3O3S. The fraction of sp³-hybridized carbons (Fsp3) is 0.111. The molecule has 1 aromatic heterocycles. The van der Waals surface area contributed by atoms with E-state index in [4.69, 9.17) is 0 Å². The fourth-order valence-corrected chi connectivity index (χ4v) is 3.22. The predicted octanol–water partition coefficient (Wildman–Crippen LogP) is 4.65. The summed E-state index contributed by atoms with van der Waals surface area (Å²) in [6.07, 6.45) is 0. The third kappa shape index (κ3) is 3.41. The number of aryl methyl sites for hydroxylation is 2. The second-order valence-electron chi connectivity index (χ2n) is 5.51. The summed E-state index contributed by atoms with van der Waals surface area (Å²) < 4.78 is 0. The summed E-state index contributed by atoms with van der Waals surface area (Å²) in [5, 5.41) is 13.6. The first kappa shape index (κ1) is 16.8. The van der Waals surface area contributed by atoms with E-state index in [0.29, 0.717) is 16.4 Å². The van der Waals surface area contributed by atoms with Crippen molar-refractivity contribution in [3.05, 3.63) is 80.8 Å². The fourth-order valence-electron chi connectivity index (χ4n) is 2.40. The molecule has 1 amide bonds. The minimum absolute atomic E-state index is 0.0748. The summed E-state index contributed by atoms with van der Waals surface area (Å²) in [6.45, 7) is 3.50. The highest BCUT2D eigenvalue weighted by Gasteiger charge is 2.24. The molecule has 0 saturated carbocycles. The van der Waals surface area contributed by atoms with Crippen LogP contribution in [-0.2, 0) is 0 Å². The molecule has 0 bridgehead atoms. The molecule has 0 saturated heterocycles. The number of benzene rings is 2. The summed E-state index contributed by atoms with van der Waals surface area (Å²) in [7, 11) is 0. The zero-order valence-corrected chi connectivity index (χ0v) is 14.5. The summed E-state index contributed by atoms with van der Waals surface area (Å²) in [4.78, 5) is 29.7. The standard InChI is InChI=1S/C18H15N3O3S/c1-12-8-9-14(10-16(12)21(23)24)17(22)20(15-6-4-3-5-7-15)18-19-13(2)11-25-18/h3-11H,1-2H3. The Hall–Kier alpha value is -3.06. The zero-order valence-electron chi connectivity index (χ0n) is 13.7. The lowest BCUT2D eigenvalue weighted by Gasteiger charge is -2.20. The van der Waals surface area contributed by atoms with Gasteiger partial charge in [-0.1, -0.05) is 24.3 Å². The molecule has 126 valence electrons. The lowest BCUT2D eigenvalue weighted by molar-refractivity contribution is -0.385. The number of nitrogens with zero attached hydrogens (tertiary/aromatic N) is 3. The number of para-hydroxylation sites is 1. The minimum Gasteiger partial charge on any atom is -0.268 e. The van der Waals surface area contributed by atoms with Crippen LogP contribution < -0.4 is 4.90 Å². The Morgan fingerprint density at radius 2 is 1.88 bits per heavy atom. The number of anilines is 2. The number of carbonyl (C=O) groups excluding carboxylic acids is 1. The van der Waals surface area contributed by atoms with E-state index in [0.717, 1.165) is 5.69 Å². The Balaban J connectivity index is 2.09. The molecule has 0 aliphatic carbocycles. The monoisotopic (exact) mass is 353 g/mol. The largest absolute Gasteiger partial charge is 0.273 e. The van der Waals surface area contributed by atoms with Crippen molar-refractivity contribution in [1.82, 2.24) is 4.98 Å². The van der Waals surface area contributed by atoms with Crippen LogP contribution in [0.15, 0.2) is 53.9 Å². The molecule has 0 radical (unpaired) electrons. The van der Waals surface area contributed by atoms with Gasteiger partial charge < -0.3 is 0 Å². The van der Waals surface area contributed by atoms with Crippen molar-refractivity contribution in [2.24, 2.45) is 0 Å². The van der Waals surface area contributed by atoms with Crippen molar-refractivity contribution in [2.75, 3.05) is 4.90 Å². The summed E-state index contributed by atoms with van der Waals surface area (Å²) in [5.74, 6) is -0.358. The molecule has 0 N–H and O–H groups in total. The lowest BCUT2D eigenvalue weighted by atomic mass is 10.1. The van der Waals surface area contributed by atoms with Gasteiger partial charge in [0.25, 0.3) is 11.6 Å². The summed E-state index contributed by atoms with van der Waals surface area (Å²) >= 11 is 1.35. The molecule has 0 unspecified atom stereocenters. The highest BCUT2D eigenvalue weighted by molar-refractivity contribution is 7.14. The van der Waals surface area contributed by atoms with Gasteiger partial charge in [0, 0.05) is 22.6 Å². The SMILES string of the molecule is Cc1csc(N(C(=O)c2ccc(C)c([N+](=O)[O-])c2)c2ccccc2)n1. The van der Waals surface area contributed by atoms with Gasteiger partial charge in [-0.3, -0.25) is 19.8 Å². The van der Waals surface area contributed by atoms with Crippen LogP contribution in [0, 0.1) is 24.0 Å². The van der Waals surface area contributed by atoms with Gasteiger partial charge in [-0.15, -0.1) is 11.3 Å². The van der Waals surface area contributed by atoms with Gasteiger partial charge in [0.15, 0.2) is 5.13 Å². The number of amides is 1. The molecule has 3 aromatic rings. The number of aromatic nitrogens is 1. The van der Waals surface area contributed by atoms with Crippen molar-refractivity contribution >= 4 is 33.8 Å². The molecule has 7 heteroatoms. The predicted molar refractivity (Wildman–Crippen MR) is 97.6 cm³/mol. The average molecular weight is 353 g/mol. The van der Waals surface area contributed by atoms with Gasteiger partial charge in [-0.05, 0) is 32.0 Å². The molecule has 0 aliphatic heterocycles. The second-order valence-corrected chi connectivity index (χ2v) is 6.34. The summed E-state index contributed by atoms with van der Waals surface area (Å²) in [6, 6.07) is 13.6. The molecule has 0 aliphatic rings. The average Bonchev–Trinajstić information content (AvgIpc) is 3.02. The molecule has 0 fully saturated rings. The molecule has 3 rings (SSSR count). The van der Waals surface area contributed by atoms with E-state index in [1.54, 1.807) is 31.2 Å². The van der Waals surface area contributed by atoms with Gasteiger partial charge in [0.05, 0.1) is 16.3 Å². The van der Waals surface area contributed by atoms with Crippen molar-refractivity contribution in [3.63, 3.8) is 0 Å². The molecule has 2 aromatic carbocycles. The van der Waals surface area contributed by atoms with Crippen LogP contribution in [-0.4, -0.2) is 15.8 Å². The first-order chi connectivity index (χ1) is 12.0. The summed E-state index contributed by atoms with van der Waals surface area (Å²) in [5.41, 5.74) is 2.15. The van der Waals surface area contributed by atoms with Crippen molar-refractivity contribution in [2.45, 2.75) is 13.8 Å². The van der Waals surface area contributed by atoms with E-state index in [-0.39, 0.29) is 17.2 Å². The highest BCUT2D eigenvalue weighted by atomic mass is 32.1. The van der Waals surface area contributed by atoms with E-state index >= 15 is 0 Å². The van der Waals surface area contributed by atoms with Crippen LogP contribution in [0.5, 0.6) is 0 Å². The lowest BCUT2D eigenvalue weighted by Crippen LogP contribution is -2.26. The van der Waals surface area contributed by atoms with Crippen LogP contribution >= 0.6 is 11.3 Å². The quantitative estimate of drug-likeness (QED) is 0.505. The van der Waals surface area contributed by atoms with Crippen LogP contribution in [0.1, 0.15) is 21.6 Å². The van der Waals surface area contributed by atoms with Gasteiger partial charge >= 0.3 is 0 Å². The Kier molecular flexibility index (Phi) is 4.58. The zero-order chi connectivity index (χ0) is 18.0. The first-order valence-electron chi connectivity index (χ1n) is 7.54. The molecular weight excluding hydrogens is 338 g/mol. The Labute approximate surface area is 148 Å².